The number of anilines is 1. The van der Waals surface area contributed by atoms with E-state index in [2.05, 4.69) is 47.3 Å². The largest absolute Gasteiger partial charge is 0.373 e. The van der Waals surface area contributed by atoms with E-state index >= 15 is 0 Å². The van der Waals surface area contributed by atoms with Crippen molar-refractivity contribution >= 4 is 5.95 Å². The number of nitriles is 1. The summed E-state index contributed by atoms with van der Waals surface area (Å²) in [6.45, 7) is 4.03. The summed E-state index contributed by atoms with van der Waals surface area (Å²) in [5.74, 6) is 0.625. The fourth-order valence-corrected chi connectivity index (χ4v) is 5.08. The van der Waals surface area contributed by atoms with Gasteiger partial charge in [0.05, 0.1) is 48.8 Å². The van der Waals surface area contributed by atoms with E-state index in [9.17, 15) is 10.1 Å². The van der Waals surface area contributed by atoms with Crippen LogP contribution in [0.25, 0.3) is 22.4 Å². The molecule has 2 aliphatic heterocycles. The number of ether oxygens (including phenoxy) is 1. The predicted molar refractivity (Wildman–Crippen MR) is 145 cm³/mol. The smallest absolute Gasteiger partial charge is 0.266 e. The molecule has 2 aliphatic rings. The third-order valence-electron chi connectivity index (χ3n) is 7.21. The van der Waals surface area contributed by atoms with Gasteiger partial charge in [-0.25, -0.2) is 14.6 Å². The molecular formula is C28H29N9O2. The molecule has 39 heavy (non-hydrogen) atoms. The Labute approximate surface area is 225 Å². The highest BCUT2D eigenvalue weighted by Gasteiger charge is 2.24. The highest BCUT2D eigenvalue weighted by Crippen LogP contribution is 2.24. The SMILES string of the molecule is N#Cc1cccc(-c2ccc(=O)n(C[C@@H]3CN(c4ncc(-c5cnn(C6CCNCC6)c5)cn4)CCO3)n2)c1. The summed E-state index contributed by atoms with van der Waals surface area (Å²) in [6.07, 6.45) is 9.53. The van der Waals surface area contributed by atoms with Gasteiger partial charge in [0.25, 0.3) is 5.56 Å². The third kappa shape index (κ3) is 5.57. The molecule has 1 N–H and O–H groups in total. The van der Waals surface area contributed by atoms with E-state index in [-0.39, 0.29) is 11.7 Å². The minimum Gasteiger partial charge on any atom is -0.373 e. The zero-order valence-corrected chi connectivity index (χ0v) is 21.5. The van der Waals surface area contributed by atoms with Gasteiger partial charge in [-0.2, -0.15) is 15.5 Å². The molecule has 0 amide bonds. The van der Waals surface area contributed by atoms with Gasteiger partial charge < -0.3 is 15.0 Å². The van der Waals surface area contributed by atoms with Crippen molar-refractivity contribution in [2.75, 3.05) is 37.7 Å². The zero-order valence-electron chi connectivity index (χ0n) is 21.5. The van der Waals surface area contributed by atoms with Crippen molar-refractivity contribution in [3.8, 4) is 28.5 Å². The monoisotopic (exact) mass is 523 g/mol. The molecule has 2 fully saturated rings. The summed E-state index contributed by atoms with van der Waals surface area (Å²) in [6, 6.07) is 12.9. The fourth-order valence-electron chi connectivity index (χ4n) is 5.08. The molecule has 0 bridgehead atoms. The van der Waals surface area contributed by atoms with E-state index in [1.54, 1.807) is 24.3 Å². The van der Waals surface area contributed by atoms with Crippen LogP contribution in [0.3, 0.4) is 0 Å². The fraction of sp³-hybridized carbons (Fsp3) is 0.357. The number of aromatic nitrogens is 6. The summed E-state index contributed by atoms with van der Waals surface area (Å²) in [7, 11) is 0. The molecule has 2 saturated heterocycles. The van der Waals surface area contributed by atoms with Crippen molar-refractivity contribution in [2.45, 2.75) is 31.5 Å². The molecule has 5 heterocycles. The topological polar surface area (TPSA) is 127 Å². The third-order valence-corrected chi connectivity index (χ3v) is 7.21. The maximum Gasteiger partial charge on any atom is 0.266 e. The van der Waals surface area contributed by atoms with Gasteiger partial charge in [-0.15, -0.1) is 0 Å². The van der Waals surface area contributed by atoms with Crippen LogP contribution in [-0.4, -0.2) is 68.4 Å². The van der Waals surface area contributed by atoms with Gasteiger partial charge >= 0.3 is 0 Å². The number of morpholine rings is 1. The number of piperidine rings is 1. The molecule has 0 radical (unpaired) electrons. The molecule has 198 valence electrons. The number of benzene rings is 1. The Morgan fingerprint density at radius 1 is 1.05 bits per heavy atom. The van der Waals surface area contributed by atoms with Crippen LogP contribution in [0.2, 0.25) is 0 Å². The van der Waals surface area contributed by atoms with Crippen LogP contribution in [0.5, 0.6) is 0 Å². The van der Waals surface area contributed by atoms with Gasteiger partial charge in [-0.05, 0) is 44.1 Å². The first-order valence-corrected chi connectivity index (χ1v) is 13.2. The highest BCUT2D eigenvalue weighted by atomic mass is 16.5. The van der Waals surface area contributed by atoms with Gasteiger partial charge in [0.2, 0.25) is 5.95 Å². The van der Waals surface area contributed by atoms with Crippen LogP contribution in [0, 0.1) is 11.3 Å². The summed E-state index contributed by atoms with van der Waals surface area (Å²) in [5, 5.41) is 21.7. The Balaban J connectivity index is 1.13. The van der Waals surface area contributed by atoms with Gasteiger partial charge in [0.1, 0.15) is 0 Å². The van der Waals surface area contributed by atoms with Gasteiger partial charge in [-0.1, -0.05) is 12.1 Å². The van der Waals surface area contributed by atoms with Crippen molar-refractivity contribution in [1.29, 1.82) is 5.26 Å². The van der Waals surface area contributed by atoms with Crippen LogP contribution in [0.1, 0.15) is 24.4 Å². The van der Waals surface area contributed by atoms with Crippen LogP contribution < -0.4 is 15.8 Å². The van der Waals surface area contributed by atoms with E-state index in [1.165, 1.54) is 10.7 Å². The average Bonchev–Trinajstić information content (AvgIpc) is 3.50. The van der Waals surface area contributed by atoms with Gasteiger partial charge in [0.15, 0.2) is 0 Å². The molecule has 1 aromatic carbocycles. The van der Waals surface area contributed by atoms with Crippen molar-refractivity contribution in [1.82, 2.24) is 34.8 Å². The second kappa shape index (κ2) is 11.1. The lowest BCUT2D eigenvalue weighted by molar-refractivity contribution is 0.0260. The van der Waals surface area contributed by atoms with Gasteiger partial charge in [0, 0.05) is 54.4 Å². The van der Waals surface area contributed by atoms with Crippen LogP contribution >= 0.6 is 0 Å². The average molecular weight is 524 g/mol. The van der Waals surface area contributed by atoms with Crippen molar-refractivity contribution in [3.05, 3.63) is 77.1 Å². The summed E-state index contributed by atoms with van der Waals surface area (Å²) in [4.78, 5) is 23.9. The summed E-state index contributed by atoms with van der Waals surface area (Å²) < 4.78 is 9.45. The quantitative estimate of drug-likeness (QED) is 0.405. The minimum atomic E-state index is -0.254. The second-order valence-corrected chi connectivity index (χ2v) is 9.83. The van der Waals surface area contributed by atoms with E-state index in [1.807, 2.05) is 24.7 Å². The first kappa shape index (κ1) is 24.9. The number of nitrogens with one attached hydrogen (secondary N) is 1. The lowest BCUT2D eigenvalue weighted by atomic mass is 10.1. The lowest BCUT2D eigenvalue weighted by Gasteiger charge is -2.33. The molecule has 4 aromatic rings. The van der Waals surface area contributed by atoms with Crippen LogP contribution in [0.15, 0.2) is 66.0 Å². The Morgan fingerprint density at radius 2 is 1.90 bits per heavy atom. The highest BCUT2D eigenvalue weighted by molar-refractivity contribution is 5.61. The number of rotatable bonds is 6. The van der Waals surface area contributed by atoms with E-state index in [0.29, 0.717) is 49.5 Å². The van der Waals surface area contributed by atoms with E-state index in [4.69, 9.17) is 4.74 Å². The van der Waals surface area contributed by atoms with Crippen LogP contribution in [-0.2, 0) is 11.3 Å². The first-order chi connectivity index (χ1) is 19.2. The standard InChI is InChI=1S/C28H29N9O2/c29-13-20-2-1-3-21(12-20)26-4-5-27(38)37(34-26)19-25-18-35(10-11-39-25)28-31-14-22(15-32-28)23-16-33-36(17-23)24-6-8-30-9-7-24/h1-5,12,14-17,24-25,30H,6-11,18-19H2/t25-/m0/s1. The maximum absolute atomic E-state index is 12.6. The molecule has 3 aromatic heterocycles. The number of hydrogen-bond donors (Lipinski definition) is 1. The Bertz CT molecular complexity index is 1530. The Hall–Kier alpha value is -4.40. The normalized spacial score (nSPS) is 18.1. The predicted octanol–water partition coefficient (Wildman–Crippen LogP) is 2.27. The minimum absolute atomic E-state index is 0.207. The molecule has 0 aliphatic carbocycles. The van der Waals surface area contributed by atoms with Crippen LogP contribution in [0.4, 0.5) is 5.95 Å². The summed E-state index contributed by atoms with van der Waals surface area (Å²) in [5.41, 5.74) is 3.68. The van der Waals surface area contributed by atoms with Crippen molar-refractivity contribution in [3.63, 3.8) is 0 Å². The molecule has 0 unspecified atom stereocenters. The number of nitrogens with zero attached hydrogens (tertiary/aromatic N) is 8. The molecule has 1 atom stereocenters. The Kier molecular flexibility index (Phi) is 7.12. The number of hydrogen-bond acceptors (Lipinski definition) is 9. The van der Waals surface area contributed by atoms with E-state index in [0.717, 1.165) is 42.6 Å². The van der Waals surface area contributed by atoms with Crippen molar-refractivity contribution in [2.24, 2.45) is 0 Å². The lowest BCUT2D eigenvalue weighted by Crippen LogP contribution is -2.46. The van der Waals surface area contributed by atoms with Crippen molar-refractivity contribution < 1.29 is 4.74 Å². The van der Waals surface area contributed by atoms with E-state index < -0.39 is 0 Å². The molecular weight excluding hydrogens is 494 g/mol. The van der Waals surface area contributed by atoms with Gasteiger partial charge in [-0.3, -0.25) is 9.48 Å². The molecule has 11 heteroatoms. The first-order valence-electron chi connectivity index (χ1n) is 13.2. The summed E-state index contributed by atoms with van der Waals surface area (Å²) >= 11 is 0. The zero-order chi connectivity index (χ0) is 26.6. The molecule has 0 spiro atoms. The second-order valence-electron chi connectivity index (χ2n) is 9.83. The molecule has 6 rings (SSSR count). The maximum atomic E-state index is 12.6. The Morgan fingerprint density at radius 3 is 2.72 bits per heavy atom. The molecule has 0 saturated carbocycles. The molecule has 11 nitrogen and oxygen atoms in total.